The lowest BCUT2D eigenvalue weighted by atomic mass is 10.0. The van der Waals surface area contributed by atoms with Gasteiger partial charge in [-0.05, 0) is 23.8 Å². The van der Waals surface area contributed by atoms with Crippen LogP contribution in [0.4, 0.5) is 8.78 Å². The molecule has 0 aliphatic rings. The quantitative estimate of drug-likeness (QED) is 0.754. The van der Waals surface area contributed by atoms with Crippen LogP contribution in [0.3, 0.4) is 0 Å². The van der Waals surface area contributed by atoms with Crippen molar-refractivity contribution >= 4 is 11.6 Å². The maximum Gasteiger partial charge on any atom is 0.165 e. The highest BCUT2D eigenvalue weighted by Crippen LogP contribution is 2.32. The minimum absolute atomic E-state index is 0.135. The predicted molar refractivity (Wildman–Crippen MR) is 67.0 cm³/mol. The van der Waals surface area contributed by atoms with Crippen molar-refractivity contribution in [2.45, 2.75) is 5.38 Å². The molecule has 0 fully saturated rings. The Bertz CT molecular complexity index is 557. The van der Waals surface area contributed by atoms with Crippen LogP contribution in [-0.2, 0) is 0 Å². The number of ether oxygens (including phenoxy) is 1. The first-order chi connectivity index (χ1) is 8.63. The topological polar surface area (TPSA) is 9.23 Å². The van der Waals surface area contributed by atoms with Crippen molar-refractivity contribution in [2.75, 3.05) is 7.11 Å². The van der Waals surface area contributed by atoms with Gasteiger partial charge in [-0.15, -0.1) is 11.6 Å². The van der Waals surface area contributed by atoms with E-state index in [0.717, 1.165) is 0 Å². The molecule has 0 N–H and O–H groups in total. The first-order valence-corrected chi connectivity index (χ1v) is 5.79. The molecule has 1 nitrogen and oxygen atoms in total. The summed E-state index contributed by atoms with van der Waals surface area (Å²) in [7, 11) is 1.38. The van der Waals surface area contributed by atoms with E-state index in [0.29, 0.717) is 11.1 Å². The Hall–Kier alpha value is -1.61. The summed E-state index contributed by atoms with van der Waals surface area (Å²) >= 11 is 6.16. The Morgan fingerprint density at radius 3 is 2.39 bits per heavy atom. The molecular weight excluding hydrogens is 258 g/mol. The first-order valence-electron chi connectivity index (χ1n) is 5.35. The summed E-state index contributed by atoms with van der Waals surface area (Å²) < 4.78 is 31.9. The van der Waals surface area contributed by atoms with Crippen LogP contribution in [-0.4, -0.2) is 7.11 Å². The molecule has 0 amide bonds. The van der Waals surface area contributed by atoms with Crippen LogP contribution in [0.15, 0.2) is 42.5 Å². The van der Waals surface area contributed by atoms with E-state index in [-0.39, 0.29) is 5.75 Å². The summed E-state index contributed by atoms with van der Waals surface area (Å²) in [6.45, 7) is 0. The van der Waals surface area contributed by atoms with Crippen LogP contribution >= 0.6 is 11.6 Å². The highest BCUT2D eigenvalue weighted by molar-refractivity contribution is 6.22. The number of hydrogen-bond acceptors (Lipinski definition) is 1. The molecule has 0 aliphatic heterocycles. The number of hydrogen-bond donors (Lipinski definition) is 0. The highest BCUT2D eigenvalue weighted by atomic mass is 35.5. The van der Waals surface area contributed by atoms with Crippen molar-refractivity contribution < 1.29 is 13.5 Å². The second kappa shape index (κ2) is 5.36. The van der Waals surface area contributed by atoms with Crippen LogP contribution < -0.4 is 4.74 Å². The van der Waals surface area contributed by atoms with E-state index in [1.165, 1.54) is 25.3 Å². The van der Waals surface area contributed by atoms with Gasteiger partial charge in [0.1, 0.15) is 5.82 Å². The summed E-state index contributed by atoms with van der Waals surface area (Å²) in [4.78, 5) is 0. The summed E-state index contributed by atoms with van der Waals surface area (Å²) in [6, 6.07) is 10.5. The number of rotatable bonds is 3. The first kappa shape index (κ1) is 12.8. The van der Waals surface area contributed by atoms with Crippen LogP contribution in [0.1, 0.15) is 16.5 Å². The molecular formula is C14H11ClF2O. The third-order valence-corrected chi connectivity index (χ3v) is 3.13. The van der Waals surface area contributed by atoms with Gasteiger partial charge in [-0.3, -0.25) is 0 Å². The molecule has 0 radical (unpaired) electrons. The van der Waals surface area contributed by atoms with Gasteiger partial charge in [0.25, 0.3) is 0 Å². The van der Waals surface area contributed by atoms with Crippen molar-refractivity contribution in [3.05, 3.63) is 65.2 Å². The van der Waals surface area contributed by atoms with Crippen LogP contribution in [0.2, 0.25) is 0 Å². The van der Waals surface area contributed by atoms with Crippen molar-refractivity contribution in [3.63, 3.8) is 0 Å². The zero-order valence-electron chi connectivity index (χ0n) is 9.66. The molecule has 2 aromatic carbocycles. The molecule has 0 saturated heterocycles. The summed E-state index contributed by atoms with van der Waals surface area (Å²) in [5, 5.41) is -0.730. The molecule has 2 aromatic rings. The van der Waals surface area contributed by atoms with Gasteiger partial charge in [0.2, 0.25) is 0 Å². The lowest BCUT2D eigenvalue weighted by Gasteiger charge is -2.12. The fourth-order valence-corrected chi connectivity index (χ4v) is 2.01. The van der Waals surface area contributed by atoms with Crippen LogP contribution in [0.5, 0.6) is 5.75 Å². The zero-order chi connectivity index (χ0) is 13.1. The van der Waals surface area contributed by atoms with Crippen molar-refractivity contribution in [1.82, 2.24) is 0 Å². The molecule has 94 valence electrons. The smallest absolute Gasteiger partial charge is 0.165 e. The van der Waals surface area contributed by atoms with Gasteiger partial charge >= 0.3 is 0 Å². The molecule has 4 heteroatoms. The Morgan fingerprint density at radius 2 is 1.78 bits per heavy atom. The lowest BCUT2D eigenvalue weighted by molar-refractivity contribution is 0.386. The van der Waals surface area contributed by atoms with E-state index in [1.54, 1.807) is 24.3 Å². The zero-order valence-corrected chi connectivity index (χ0v) is 10.4. The van der Waals surface area contributed by atoms with Crippen molar-refractivity contribution in [3.8, 4) is 5.75 Å². The third kappa shape index (κ3) is 2.46. The normalized spacial score (nSPS) is 12.2. The Balaban J connectivity index is 2.37. The molecule has 1 atom stereocenters. The Kier molecular flexibility index (Phi) is 3.82. The monoisotopic (exact) mass is 268 g/mol. The number of methoxy groups -OCH3 is 1. The number of alkyl halides is 1. The SMILES string of the molecule is COc1ccc(C(Cl)c2ccccc2F)cc1F. The van der Waals surface area contributed by atoms with Gasteiger partial charge < -0.3 is 4.74 Å². The van der Waals surface area contributed by atoms with Gasteiger partial charge in [-0.2, -0.15) is 0 Å². The fraction of sp³-hybridized carbons (Fsp3) is 0.143. The highest BCUT2D eigenvalue weighted by Gasteiger charge is 2.16. The average Bonchev–Trinajstić information content (AvgIpc) is 2.38. The fourth-order valence-electron chi connectivity index (χ4n) is 1.70. The van der Waals surface area contributed by atoms with Gasteiger partial charge in [0.05, 0.1) is 12.5 Å². The van der Waals surface area contributed by atoms with Crippen molar-refractivity contribution in [1.29, 1.82) is 0 Å². The van der Waals surface area contributed by atoms with E-state index in [4.69, 9.17) is 16.3 Å². The summed E-state index contributed by atoms with van der Waals surface area (Å²) in [5.41, 5.74) is 0.809. The molecule has 2 rings (SSSR count). The maximum atomic E-state index is 13.6. The number of benzene rings is 2. The predicted octanol–water partition coefficient (Wildman–Crippen LogP) is 4.30. The van der Waals surface area contributed by atoms with E-state index < -0.39 is 17.0 Å². The lowest BCUT2D eigenvalue weighted by Crippen LogP contribution is -1.98. The van der Waals surface area contributed by atoms with E-state index in [9.17, 15) is 8.78 Å². The van der Waals surface area contributed by atoms with Crippen LogP contribution in [0, 0.1) is 11.6 Å². The Morgan fingerprint density at radius 1 is 1.06 bits per heavy atom. The molecule has 1 unspecified atom stereocenters. The largest absolute Gasteiger partial charge is 0.494 e. The summed E-state index contributed by atoms with van der Waals surface area (Å²) in [5.74, 6) is -0.790. The molecule has 0 bridgehead atoms. The van der Waals surface area contributed by atoms with Crippen LogP contribution in [0.25, 0.3) is 0 Å². The molecule has 0 spiro atoms. The molecule has 0 aliphatic carbocycles. The van der Waals surface area contributed by atoms with Gasteiger partial charge in [0.15, 0.2) is 11.6 Å². The molecule has 18 heavy (non-hydrogen) atoms. The minimum atomic E-state index is -0.730. The second-order valence-corrected chi connectivity index (χ2v) is 4.21. The van der Waals surface area contributed by atoms with E-state index in [1.807, 2.05) is 0 Å². The van der Waals surface area contributed by atoms with E-state index >= 15 is 0 Å². The average molecular weight is 269 g/mol. The van der Waals surface area contributed by atoms with E-state index in [2.05, 4.69) is 0 Å². The van der Waals surface area contributed by atoms with Crippen molar-refractivity contribution in [2.24, 2.45) is 0 Å². The molecule has 0 aromatic heterocycles. The third-order valence-electron chi connectivity index (χ3n) is 2.65. The second-order valence-electron chi connectivity index (χ2n) is 3.78. The van der Waals surface area contributed by atoms with Gasteiger partial charge in [-0.1, -0.05) is 24.3 Å². The molecule has 0 saturated carbocycles. The van der Waals surface area contributed by atoms with Gasteiger partial charge in [-0.25, -0.2) is 8.78 Å². The maximum absolute atomic E-state index is 13.6. The minimum Gasteiger partial charge on any atom is -0.494 e. The summed E-state index contributed by atoms with van der Waals surface area (Å²) in [6.07, 6.45) is 0. The van der Waals surface area contributed by atoms with Gasteiger partial charge in [0, 0.05) is 5.56 Å². The Labute approximate surface area is 109 Å². The molecule has 0 heterocycles. The number of halogens is 3. The standard InChI is InChI=1S/C14H11ClF2O/c1-18-13-7-6-9(8-12(13)17)14(15)10-4-2-3-5-11(10)16/h2-8,14H,1H3.